The van der Waals surface area contributed by atoms with E-state index in [2.05, 4.69) is 20.0 Å². The molecule has 2 saturated carbocycles. The fourth-order valence-electron chi connectivity index (χ4n) is 5.16. The van der Waals surface area contributed by atoms with E-state index in [0.29, 0.717) is 24.9 Å². The first kappa shape index (κ1) is 22.8. The summed E-state index contributed by atoms with van der Waals surface area (Å²) in [6, 6.07) is 4.44. The van der Waals surface area contributed by atoms with Gasteiger partial charge in [-0.15, -0.1) is 0 Å². The van der Waals surface area contributed by atoms with Crippen molar-refractivity contribution >= 4 is 11.8 Å². The lowest BCUT2D eigenvalue weighted by atomic mass is 9.78. The van der Waals surface area contributed by atoms with Crippen molar-refractivity contribution in [2.45, 2.75) is 75.4 Å². The van der Waals surface area contributed by atoms with Gasteiger partial charge in [-0.3, -0.25) is 9.59 Å². The van der Waals surface area contributed by atoms with Crippen LogP contribution in [0.4, 0.5) is 13.2 Å². The highest BCUT2D eigenvalue weighted by Crippen LogP contribution is 2.37. The van der Waals surface area contributed by atoms with E-state index in [1.165, 1.54) is 6.07 Å². The molecule has 2 amide bonds. The molecule has 1 aromatic heterocycles. The number of rotatable bonds is 5. The predicted molar refractivity (Wildman–Crippen MR) is 112 cm³/mol. The number of carbonyl (C=O) groups is 2. The van der Waals surface area contributed by atoms with Gasteiger partial charge in [0.15, 0.2) is 0 Å². The van der Waals surface area contributed by atoms with Crippen LogP contribution in [0.1, 0.15) is 66.8 Å². The summed E-state index contributed by atoms with van der Waals surface area (Å²) >= 11 is 0. The molecule has 182 valence electrons. The van der Waals surface area contributed by atoms with Crippen LogP contribution in [0.5, 0.6) is 0 Å². The third kappa shape index (κ3) is 3.85. The Kier molecular flexibility index (Phi) is 5.62. The van der Waals surface area contributed by atoms with E-state index in [0.717, 1.165) is 37.7 Å². The van der Waals surface area contributed by atoms with Crippen molar-refractivity contribution in [3.63, 3.8) is 0 Å². The summed E-state index contributed by atoms with van der Waals surface area (Å²) in [6.45, 7) is 0.376. The van der Waals surface area contributed by atoms with Crippen LogP contribution in [0.3, 0.4) is 0 Å². The van der Waals surface area contributed by atoms with Gasteiger partial charge in [0.05, 0.1) is 6.04 Å². The van der Waals surface area contributed by atoms with Crippen LogP contribution in [-0.4, -0.2) is 51.6 Å². The highest BCUT2D eigenvalue weighted by atomic mass is 19.4. The van der Waals surface area contributed by atoms with Gasteiger partial charge in [-0.2, -0.15) is 18.2 Å². The van der Waals surface area contributed by atoms with Gasteiger partial charge in [-0.25, -0.2) is 0 Å². The molecule has 2 atom stereocenters. The Morgan fingerprint density at radius 2 is 2.00 bits per heavy atom. The van der Waals surface area contributed by atoms with Crippen molar-refractivity contribution in [2.75, 3.05) is 7.11 Å². The fraction of sp³-hybridized carbons (Fsp3) is 0.565. The maximum absolute atomic E-state index is 13.3. The molecule has 0 bridgehead atoms. The summed E-state index contributed by atoms with van der Waals surface area (Å²) in [4.78, 5) is 31.5. The van der Waals surface area contributed by atoms with Crippen molar-refractivity contribution in [3.8, 4) is 11.4 Å². The Labute approximate surface area is 193 Å². The van der Waals surface area contributed by atoms with Gasteiger partial charge in [0, 0.05) is 30.8 Å². The molecule has 1 aliphatic heterocycles. The third-order valence-corrected chi connectivity index (χ3v) is 7.28. The first-order chi connectivity index (χ1) is 16.2. The number of alkyl halides is 3. The lowest BCUT2D eigenvalue weighted by Gasteiger charge is -2.43. The highest BCUT2D eigenvalue weighted by Gasteiger charge is 2.47. The SMILES string of the molecule is COC1(C(=O)N[C@@H]2CCCC[C@H]2N2Cc3ccc(-c4noc(C(F)(F)F)n4)cc3C2=O)CCC1. The molecule has 2 aromatic rings. The van der Waals surface area contributed by atoms with Crippen LogP contribution in [0.25, 0.3) is 11.4 Å². The number of methoxy groups -OCH3 is 1. The maximum Gasteiger partial charge on any atom is 0.471 e. The lowest BCUT2D eigenvalue weighted by molar-refractivity contribution is -0.159. The number of fused-ring (bicyclic) bond motifs is 1. The van der Waals surface area contributed by atoms with Gasteiger partial charge in [0.2, 0.25) is 5.82 Å². The van der Waals surface area contributed by atoms with Crippen LogP contribution >= 0.6 is 0 Å². The monoisotopic (exact) mass is 478 g/mol. The summed E-state index contributed by atoms with van der Waals surface area (Å²) in [5.41, 5.74) is 0.679. The molecule has 5 rings (SSSR count). The minimum absolute atomic E-state index is 0.123. The molecule has 0 radical (unpaired) electrons. The molecule has 2 fully saturated rings. The number of hydrogen-bond acceptors (Lipinski definition) is 6. The summed E-state index contributed by atoms with van der Waals surface area (Å²) in [7, 11) is 1.55. The summed E-state index contributed by atoms with van der Waals surface area (Å²) in [6.07, 6.45) is 1.02. The second kappa shape index (κ2) is 8.37. The zero-order chi connectivity index (χ0) is 24.1. The summed E-state index contributed by atoms with van der Waals surface area (Å²) in [5.74, 6) is -2.00. The summed E-state index contributed by atoms with van der Waals surface area (Å²) in [5, 5.41) is 6.56. The zero-order valence-corrected chi connectivity index (χ0v) is 18.7. The van der Waals surface area contributed by atoms with Gasteiger partial charge >= 0.3 is 12.1 Å². The predicted octanol–water partition coefficient (Wildman–Crippen LogP) is 3.71. The second-order valence-electron chi connectivity index (χ2n) is 9.21. The number of amides is 2. The Hall–Kier alpha value is -2.95. The molecule has 8 nitrogen and oxygen atoms in total. The smallest absolute Gasteiger partial charge is 0.368 e. The molecule has 3 aliphatic rings. The first-order valence-corrected chi connectivity index (χ1v) is 11.4. The van der Waals surface area contributed by atoms with Gasteiger partial charge in [0.1, 0.15) is 5.60 Å². The molecule has 0 unspecified atom stereocenters. The van der Waals surface area contributed by atoms with Crippen LogP contribution < -0.4 is 5.32 Å². The molecule has 0 spiro atoms. The fourth-order valence-corrected chi connectivity index (χ4v) is 5.16. The maximum atomic E-state index is 13.3. The molecular formula is C23H25F3N4O4. The Morgan fingerprint density at radius 3 is 2.65 bits per heavy atom. The van der Waals surface area contributed by atoms with E-state index >= 15 is 0 Å². The number of halogens is 3. The van der Waals surface area contributed by atoms with Gasteiger partial charge in [-0.05, 0) is 43.7 Å². The van der Waals surface area contributed by atoms with E-state index < -0.39 is 17.7 Å². The lowest BCUT2D eigenvalue weighted by Crippen LogP contribution is -2.60. The molecule has 11 heteroatoms. The van der Waals surface area contributed by atoms with Crippen LogP contribution in [0.2, 0.25) is 0 Å². The Balaban J connectivity index is 1.35. The molecule has 2 heterocycles. The number of hydrogen-bond donors (Lipinski definition) is 1. The van der Waals surface area contributed by atoms with Crippen LogP contribution in [0, 0.1) is 0 Å². The first-order valence-electron chi connectivity index (χ1n) is 11.4. The zero-order valence-electron chi connectivity index (χ0n) is 18.7. The molecule has 0 saturated heterocycles. The standard InChI is InChI=1S/C23H25F3N4O4/c1-33-22(9-4-10-22)20(32)27-16-5-2-3-6-17(16)30-12-14-8-7-13(11-15(14)19(30)31)18-28-21(34-29-18)23(24,25)26/h7-8,11,16-17H,2-6,9-10,12H2,1H3,(H,27,32)/t16-,17-/m1/s1. The quantitative estimate of drug-likeness (QED) is 0.704. The van der Waals surface area contributed by atoms with Gasteiger partial charge < -0.3 is 19.5 Å². The Morgan fingerprint density at radius 1 is 1.24 bits per heavy atom. The van der Waals surface area contributed by atoms with E-state index in [1.807, 2.05) is 0 Å². The minimum atomic E-state index is -4.74. The van der Waals surface area contributed by atoms with Gasteiger partial charge in [-0.1, -0.05) is 30.1 Å². The highest BCUT2D eigenvalue weighted by molar-refractivity contribution is 5.99. The molecular weight excluding hydrogens is 453 g/mol. The number of aromatic nitrogens is 2. The number of benzene rings is 1. The number of nitrogens with one attached hydrogen (secondary N) is 1. The largest absolute Gasteiger partial charge is 0.471 e. The molecule has 34 heavy (non-hydrogen) atoms. The number of carbonyl (C=O) groups excluding carboxylic acids is 2. The van der Waals surface area contributed by atoms with Crippen molar-refractivity contribution in [3.05, 3.63) is 35.2 Å². The van der Waals surface area contributed by atoms with Crippen molar-refractivity contribution in [1.29, 1.82) is 0 Å². The van der Waals surface area contributed by atoms with E-state index in [9.17, 15) is 22.8 Å². The summed E-state index contributed by atoms with van der Waals surface area (Å²) < 4.78 is 48.3. The number of ether oxygens (including phenoxy) is 1. The third-order valence-electron chi connectivity index (χ3n) is 7.28. The van der Waals surface area contributed by atoms with Crippen molar-refractivity contribution in [1.82, 2.24) is 20.4 Å². The van der Waals surface area contributed by atoms with E-state index in [4.69, 9.17) is 4.74 Å². The van der Waals surface area contributed by atoms with Crippen molar-refractivity contribution in [2.24, 2.45) is 0 Å². The Bertz CT molecular complexity index is 1110. The number of nitrogens with zero attached hydrogens (tertiary/aromatic N) is 3. The molecule has 1 N–H and O–H groups in total. The normalized spacial score (nSPS) is 24.0. The topological polar surface area (TPSA) is 97.6 Å². The van der Waals surface area contributed by atoms with Crippen LogP contribution in [0.15, 0.2) is 22.7 Å². The van der Waals surface area contributed by atoms with Crippen LogP contribution in [-0.2, 0) is 22.3 Å². The molecule has 2 aliphatic carbocycles. The second-order valence-corrected chi connectivity index (χ2v) is 9.21. The average Bonchev–Trinajstić information content (AvgIpc) is 3.39. The average molecular weight is 478 g/mol. The van der Waals surface area contributed by atoms with E-state index in [1.54, 1.807) is 24.1 Å². The van der Waals surface area contributed by atoms with Gasteiger partial charge in [0.25, 0.3) is 11.8 Å². The van der Waals surface area contributed by atoms with E-state index in [-0.39, 0.29) is 35.3 Å². The van der Waals surface area contributed by atoms with Crippen molar-refractivity contribution < 1.29 is 32.0 Å². The molecule has 1 aromatic carbocycles. The minimum Gasteiger partial charge on any atom is -0.368 e.